The Morgan fingerprint density at radius 1 is 1.12 bits per heavy atom. The molecule has 0 rings (SSSR count). The van der Waals surface area contributed by atoms with Crippen LogP contribution in [0.4, 0.5) is 0 Å². The molecule has 0 atom stereocenters. The van der Waals surface area contributed by atoms with Crippen molar-refractivity contribution < 1.29 is 37.0 Å². The molecule has 0 aliphatic rings. The molecule has 0 aliphatic heterocycles. The van der Waals surface area contributed by atoms with E-state index in [9.17, 15) is 0 Å². The maximum Gasteiger partial charge on any atom is 0.394 e. The minimum atomic E-state index is -4.67. The van der Waals surface area contributed by atoms with E-state index in [0.717, 1.165) is 0 Å². The van der Waals surface area contributed by atoms with Gasteiger partial charge in [0.2, 0.25) is 0 Å². The summed E-state index contributed by atoms with van der Waals surface area (Å²) in [6.07, 6.45) is 0. The number of hydrogen-bond donors (Lipinski definition) is 2. The first-order chi connectivity index (χ1) is 2.00. The van der Waals surface area contributed by atoms with Crippen molar-refractivity contribution in [1.82, 2.24) is 0 Å². The van der Waals surface area contributed by atoms with Crippen LogP contribution in [0.3, 0.4) is 0 Å². The molecular weight excluding hydrogens is 224 g/mol. The van der Waals surface area contributed by atoms with Crippen LogP contribution < -0.4 is 0 Å². The molecule has 0 radical (unpaired) electrons. The van der Waals surface area contributed by atoms with Crippen molar-refractivity contribution in [3.63, 3.8) is 0 Å². The molecule has 0 heterocycles. The van der Waals surface area contributed by atoms with E-state index in [1.165, 1.54) is 0 Å². The molecule has 0 amide bonds. The Labute approximate surface area is 76.9 Å². The second-order valence-electron chi connectivity index (χ2n) is 0.448. The summed E-state index contributed by atoms with van der Waals surface area (Å²) in [5.41, 5.74) is 0. The quantitative estimate of drug-likeness (QED) is 0.395. The third-order valence-corrected chi connectivity index (χ3v) is 0. The first-order valence-electron chi connectivity index (χ1n) is 0.698. The molecule has 2 N–H and O–H groups in total. The van der Waals surface area contributed by atoms with E-state index in [-0.39, 0.29) is 49.2 Å². The number of rotatable bonds is 0. The van der Waals surface area contributed by atoms with Gasteiger partial charge < -0.3 is 0 Å². The minimum Gasteiger partial charge on any atom is -0.264 e. The zero-order valence-corrected chi connectivity index (χ0v) is 7.83. The molecule has 0 fully saturated rings. The van der Waals surface area contributed by atoms with E-state index in [2.05, 4.69) is 0 Å². The van der Waals surface area contributed by atoms with E-state index in [4.69, 9.17) is 17.5 Å². The molecule has 0 unspecified atom stereocenters. The normalized spacial score (nSPS) is 7.25. The summed E-state index contributed by atoms with van der Waals surface area (Å²) < 4.78 is 31.6. The van der Waals surface area contributed by atoms with Gasteiger partial charge in [-0.25, -0.2) is 0 Å². The molecule has 4 nitrogen and oxygen atoms in total. The largest absolute Gasteiger partial charge is 0.394 e. The second kappa shape index (κ2) is 8.32. The first kappa shape index (κ1) is 22.8. The minimum absolute atomic E-state index is 0. The smallest absolute Gasteiger partial charge is 0.264 e. The number of halogens is 1. The second-order valence-corrected chi connectivity index (χ2v) is 1.34. The van der Waals surface area contributed by atoms with Gasteiger partial charge >= 0.3 is 10.4 Å². The van der Waals surface area contributed by atoms with Gasteiger partial charge in [0, 0.05) is 19.5 Å². The topological polar surface area (TPSA) is 74.6 Å². The van der Waals surface area contributed by atoms with Gasteiger partial charge in [-0.3, -0.25) is 9.11 Å². The van der Waals surface area contributed by atoms with E-state index < -0.39 is 10.4 Å². The molecule has 0 aromatic carbocycles. The van der Waals surface area contributed by atoms with E-state index in [1.807, 2.05) is 0 Å². The first-order valence-corrected chi connectivity index (χ1v) is 2.10. The Bertz CT molecular complexity index is 99.2. The summed E-state index contributed by atoms with van der Waals surface area (Å²) >= 11 is 0. The summed E-state index contributed by atoms with van der Waals surface area (Å²) in [6, 6.07) is 0. The van der Waals surface area contributed by atoms with Gasteiger partial charge in [-0.15, -0.1) is 12.4 Å². The van der Waals surface area contributed by atoms with Crippen molar-refractivity contribution in [3.05, 3.63) is 0 Å². The SMILES string of the molecule is Cl.O=S(=O)(O)O.[AlH3].[Zn]. The molecule has 8 heavy (non-hydrogen) atoms. The average molecular weight is 230 g/mol. The number of hydrogen-bond acceptors (Lipinski definition) is 2. The van der Waals surface area contributed by atoms with Crippen molar-refractivity contribution >= 4 is 40.2 Å². The van der Waals surface area contributed by atoms with Crippen molar-refractivity contribution in [2.24, 2.45) is 0 Å². The molecule has 0 aliphatic carbocycles. The van der Waals surface area contributed by atoms with E-state index in [0.29, 0.717) is 0 Å². The van der Waals surface area contributed by atoms with Crippen LogP contribution in [0.2, 0.25) is 0 Å². The Hall–Kier alpha value is 1.32. The standard InChI is InChI=1S/Al.ClH.H2O4S.Zn.3H/c;;1-5(2,3)4;;;;/h;1H;(H2,1,2,3,4);;;;. The van der Waals surface area contributed by atoms with Crippen LogP contribution in [0.5, 0.6) is 0 Å². The molecule has 0 aromatic rings. The van der Waals surface area contributed by atoms with Gasteiger partial charge in [-0.1, -0.05) is 0 Å². The monoisotopic (exact) mass is 228 g/mol. The van der Waals surface area contributed by atoms with E-state index in [1.54, 1.807) is 0 Å². The van der Waals surface area contributed by atoms with Crippen molar-refractivity contribution in [2.45, 2.75) is 0 Å². The summed E-state index contributed by atoms with van der Waals surface area (Å²) in [7, 11) is -4.67. The fourth-order valence-electron chi connectivity index (χ4n) is 0. The van der Waals surface area contributed by atoms with Crippen LogP contribution in [0.1, 0.15) is 0 Å². The van der Waals surface area contributed by atoms with Crippen molar-refractivity contribution in [1.29, 1.82) is 0 Å². The van der Waals surface area contributed by atoms with Gasteiger partial charge in [0.1, 0.15) is 0 Å². The van der Waals surface area contributed by atoms with Gasteiger partial charge in [-0.05, 0) is 0 Å². The molecule has 0 aromatic heterocycles. The zero-order valence-electron chi connectivity index (χ0n) is 3.23. The van der Waals surface area contributed by atoms with Gasteiger partial charge in [0.05, 0.1) is 0 Å². The van der Waals surface area contributed by atoms with Crippen LogP contribution in [-0.4, -0.2) is 34.9 Å². The van der Waals surface area contributed by atoms with Crippen molar-refractivity contribution in [3.8, 4) is 0 Å². The Morgan fingerprint density at radius 3 is 1.12 bits per heavy atom. The maximum atomic E-state index is 8.74. The molecule has 0 saturated carbocycles. The third kappa shape index (κ3) is 169. The predicted molar refractivity (Wildman–Crippen MR) is 31.4 cm³/mol. The zero-order chi connectivity index (χ0) is 4.50. The molecule has 0 spiro atoms. The Balaban J connectivity index is -0.0000000267. The maximum absolute atomic E-state index is 8.74. The van der Waals surface area contributed by atoms with E-state index >= 15 is 0 Å². The molecule has 8 heteroatoms. The summed E-state index contributed by atoms with van der Waals surface area (Å²) in [5, 5.41) is 0. The molecule has 0 bridgehead atoms. The average Bonchev–Trinajstić information content (AvgIpc) is 0.722. The molecule has 0 saturated heterocycles. The van der Waals surface area contributed by atoms with Crippen LogP contribution >= 0.6 is 12.4 Å². The van der Waals surface area contributed by atoms with Gasteiger partial charge in [0.25, 0.3) is 0 Å². The van der Waals surface area contributed by atoms with Crippen LogP contribution in [-0.2, 0) is 29.9 Å². The van der Waals surface area contributed by atoms with Gasteiger partial charge in [-0.2, -0.15) is 8.42 Å². The summed E-state index contributed by atoms with van der Waals surface area (Å²) in [4.78, 5) is 0. The molecular formula is H6AlClO4SZn. The van der Waals surface area contributed by atoms with Gasteiger partial charge in [0.15, 0.2) is 17.4 Å². The fourth-order valence-corrected chi connectivity index (χ4v) is 0. The van der Waals surface area contributed by atoms with Crippen molar-refractivity contribution in [2.75, 3.05) is 0 Å². The molecule has 48 valence electrons. The third-order valence-electron chi connectivity index (χ3n) is 0. The Morgan fingerprint density at radius 2 is 1.12 bits per heavy atom. The Kier molecular flexibility index (Phi) is 23.7. The predicted octanol–water partition coefficient (Wildman–Crippen LogP) is -1.42. The van der Waals surface area contributed by atoms with Crippen LogP contribution in [0.25, 0.3) is 0 Å². The summed E-state index contributed by atoms with van der Waals surface area (Å²) in [5.74, 6) is 0. The fraction of sp³-hybridized carbons (Fsp3) is 0. The van der Waals surface area contributed by atoms with Crippen LogP contribution in [0.15, 0.2) is 0 Å². The van der Waals surface area contributed by atoms with Crippen LogP contribution in [0, 0.1) is 0 Å². The summed E-state index contributed by atoms with van der Waals surface area (Å²) in [6.45, 7) is 0.